The van der Waals surface area contributed by atoms with Gasteiger partial charge in [-0.3, -0.25) is 0 Å². The van der Waals surface area contributed by atoms with Crippen LogP contribution in [-0.2, 0) is 0 Å². The lowest BCUT2D eigenvalue weighted by atomic mass is 10.1. The molecule has 0 aromatic heterocycles. The van der Waals surface area contributed by atoms with Crippen molar-refractivity contribution in [2.24, 2.45) is 0 Å². The summed E-state index contributed by atoms with van der Waals surface area (Å²) in [4.78, 5) is 0.567. The fourth-order valence-corrected chi connectivity index (χ4v) is 2.24. The summed E-state index contributed by atoms with van der Waals surface area (Å²) in [6, 6.07) is 4.82. The molecule has 3 heteroatoms. The van der Waals surface area contributed by atoms with Crippen LogP contribution in [0.25, 0.3) is 0 Å². The van der Waals surface area contributed by atoms with Crippen LogP contribution in [0.1, 0.15) is 32.4 Å². The van der Waals surface area contributed by atoms with E-state index in [0.29, 0.717) is 15.7 Å². The third-order valence-corrected chi connectivity index (χ3v) is 2.94. The van der Waals surface area contributed by atoms with Crippen LogP contribution < -0.4 is 0 Å². The molecule has 0 heterocycles. The molecule has 78 valence electrons. The second kappa shape index (κ2) is 4.80. The standard InChI is InChI=1S/C11H15FOS/c1-7(2)14-11-9(8(3)13)5-4-6-10(11)12/h4-8,13H,1-3H3/t8-/m0/s1. The highest BCUT2D eigenvalue weighted by molar-refractivity contribution is 8.00. The van der Waals surface area contributed by atoms with Crippen molar-refractivity contribution < 1.29 is 9.50 Å². The average molecular weight is 214 g/mol. The summed E-state index contributed by atoms with van der Waals surface area (Å²) in [5.41, 5.74) is 0.670. The first kappa shape index (κ1) is 11.5. The van der Waals surface area contributed by atoms with Gasteiger partial charge in [-0.2, -0.15) is 0 Å². The fraction of sp³-hybridized carbons (Fsp3) is 0.455. The molecule has 0 amide bonds. The van der Waals surface area contributed by atoms with Gasteiger partial charge in [-0.25, -0.2) is 4.39 Å². The maximum atomic E-state index is 13.4. The summed E-state index contributed by atoms with van der Waals surface area (Å²) >= 11 is 1.44. The zero-order valence-electron chi connectivity index (χ0n) is 8.62. The first-order valence-corrected chi connectivity index (χ1v) is 5.53. The second-order valence-electron chi connectivity index (χ2n) is 3.50. The quantitative estimate of drug-likeness (QED) is 0.778. The molecule has 1 N–H and O–H groups in total. The highest BCUT2D eigenvalue weighted by Gasteiger charge is 2.13. The minimum atomic E-state index is -0.619. The zero-order valence-corrected chi connectivity index (χ0v) is 9.44. The number of benzene rings is 1. The van der Waals surface area contributed by atoms with Gasteiger partial charge in [0.25, 0.3) is 0 Å². The molecule has 14 heavy (non-hydrogen) atoms. The summed E-state index contributed by atoms with van der Waals surface area (Å²) in [7, 11) is 0. The number of hydrogen-bond donors (Lipinski definition) is 1. The van der Waals surface area contributed by atoms with Crippen LogP contribution in [0.5, 0.6) is 0 Å². The Morgan fingerprint density at radius 3 is 2.43 bits per heavy atom. The number of halogens is 1. The minimum absolute atomic E-state index is 0.248. The Labute approximate surface area is 88.3 Å². The van der Waals surface area contributed by atoms with Gasteiger partial charge >= 0.3 is 0 Å². The molecule has 0 radical (unpaired) electrons. The van der Waals surface area contributed by atoms with Crippen LogP contribution in [0.15, 0.2) is 23.1 Å². The van der Waals surface area contributed by atoms with E-state index < -0.39 is 6.10 Å². The molecule has 1 atom stereocenters. The SMILES string of the molecule is CC(C)Sc1c(F)cccc1[C@H](C)O. The molecule has 0 fully saturated rings. The van der Waals surface area contributed by atoms with Crippen molar-refractivity contribution in [3.8, 4) is 0 Å². The Bertz CT molecular complexity index is 310. The average Bonchev–Trinajstić information content (AvgIpc) is 2.07. The lowest BCUT2D eigenvalue weighted by Gasteiger charge is -2.13. The van der Waals surface area contributed by atoms with Crippen LogP contribution >= 0.6 is 11.8 Å². The molecular formula is C11H15FOS. The Morgan fingerprint density at radius 1 is 1.29 bits per heavy atom. The van der Waals surface area contributed by atoms with Crippen molar-refractivity contribution in [1.29, 1.82) is 0 Å². The fourth-order valence-electron chi connectivity index (χ4n) is 1.21. The molecule has 0 aliphatic carbocycles. The topological polar surface area (TPSA) is 20.2 Å². The molecule has 1 nitrogen and oxygen atoms in total. The maximum Gasteiger partial charge on any atom is 0.137 e. The molecule has 0 saturated heterocycles. The van der Waals surface area contributed by atoms with Crippen LogP contribution in [0.2, 0.25) is 0 Å². The van der Waals surface area contributed by atoms with E-state index in [9.17, 15) is 9.50 Å². The Kier molecular flexibility index (Phi) is 3.96. The van der Waals surface area contributed by atoms with Crippen molar-refractivity contribution in [2.45, 2.75) is 37.0 Å². The highest BCUT2D eigenvalue weighted by atomic mass is 32.2. The number of rotatable bonds is 3. The van der Waals surface area contributed by atoms with Gasteiger partial charge < -0.3 is 5.11 Å². The predicted molar refractivity (Wildman–Crippen MR) is 58.0 cm³/mol. The first-order chi connectivity index (χ1) is 6.52. The monoisotopic (exact) mass is 214 g/mol. The van der Waals surface area contributed by atoms with Crippen molar-refractivity contribution in [2.75, 3.05) is 0 Å². The van der Waals surface area contributed by atoms with Gasteiger partial charge in [-0.05, 0) is 18.6 Å². The van der Waals surface area contributed by atoms with Crippen molar-refractivity contribution >= 4 is 11.8 Å². The molecule has 0 bridgehead atoms. The third-order valence-electron chi connectivity index (χ3n) is 1.80. The summed E-state index contributed by atoms with van der Waals surface area (Å²) in [6.45, 7) is 5.66. The molecular weight excluding hydrogens is 199 g/mol. The number of thioether (sulfide) groups is 1. The summed E-state index contributed by atoms with van der Waals surface area (Å²) in [5, 5.41) is 9.77. The van der Waals surface area contributed by atoms with E-state index in [0.717, 1.165) is 0 Å². The van der Waals surface area contributed by atoms with Crippen LogP contribution in [0, 0.1) is 5.82 Å². The summed E-state index contributed by atoms with van der Waals surface area (Å²) in [6.07, 6.45) is -0.619. The van der Waals surface area contributed by atoms with E-state index >= 15 is 0 Å². The van der Waals surface area contributed by atoms with E-state index in [1.165, 1.54) is 17.8 Å². The molecule has 0 spiro atoms. The van der Waals surface area contributed by atoms with Crippen LogP contribution in [0.4, 0.5) is 4.39 Å². The van der Waals surface area contributed by atoms with Gasteiger partial charge in [0.1, 0.15) is 5.82 Å². The van der Waals surface area contributed by atoms with Gasteiger partial charge in [0.15, 0.2) is 0 Å². The summed E-state index contributed by atoms with van der Waals surface area (Å²) < 4.78 is 13.4. The second-order valence-corrected chi connectivity index (χ2v) is 5.09. The smallest absolute Gasteiger partial charge is 0.137 e. The van der Waals surface area contributed by atoms with E-state index in [1.54, 1.807) is 19.1 Å². The van der Waals surface area contributed by atoms with Gasteiger partial charge in [0, 0.05) is 10.1 Å². The van der Waals surface area contributed by atoms with Crippen LogP contribution in [-0.4, -0.2) is 10.4 Å². The number of aliphatic hydroxyl groups is 1. The minimum Gasteiger partial charge on any atom is -0.389 e. The van der Waals surface area contributed by atoms with Gasteiger partial charge in [0.2, 0.25) is 0 Å². The highest BCUT2D eigenvalue weighted by Crippen LogP contribution is 2.32. The van der Waals surface area contributed by atoms with Crippen molar-refractivity contribution in [3.05, 3.63) is 29.6 Å². The Hall–Kier alpha value is -0.540. The Morgan fingerprint density at radius 2 is 1.93 bits per heavy atom. The molecule has 0 aliphatic rings. The van der Waals surface area contributed by atoms with E-state index in [4.69, 9.17) is 0 Å². The molecule has 0 aliphatic heterocycles. The maximum absolute atomic E-state index is 13.4. The lowest BCUT2D eigenvalue weighted by molar-refractivity contribution is 0.195. The molecule has 0 unspecified atom stereocenters. The number of aliphatic hydroxyl groups excluding tert-OH is 1. The molecule has 0 saturated carbocycles. The Balaban J connectivity index is 3.09. The van der Waals surface area contributed by atoms with Crippen LogP contribution in [0.3, 0.4) is 0 Å². The number of hydrogen-bond acceptors (Lipinski definition) is 2. The van der Waals surface area contributed by atoms with E-state index in [2.05, 4.69) is 0 Å². The largest absolute Gasteiger partial charge is 0.389 e. The molecule has 1 aromatic rings. The normalized spacial score (nSPS) is 13.3. The van der Waals surface area contributed by atoms with Crippen molar-refractivity contribution in [3.63, 3.8) is 0 Å². The zero-order chi connectivity index (χ0) is 10.7. The van der Waals surface area contributed by atoms with Gasteiger partial charge in [0.05, 0.1) is 6.10 Å². The third kappa shape index (κ3) is 2.72. The van der Waals surface area contributed by atoms with Crippen molar-refractivity contribution in [1.82, 2.24) is 0 Å². The van der Waals surface area contributed by atoms with Gasteiger partial charge in [-0.1, -0.05) is 26.0 Å². The molecule has 1 aromatic carbocycles. The lowest BCUT2D eigenvalue weighted by Crippen LogP contribution is -1.99. The first-order valence-electron chi connectivity index (χ1n) is 4.65. The predicted octanol–water partition coefficient (Wildman–Crippen LogP) is 3.38. The van der Waals surface area contributed by atoms with Gasteiger partial charge in [-0.15, -0.1) is 11.8 Å². The van der Waals surface area contributed by atoms with E-state index in [-0.39, 0.29) is 5.82 Å². The summed E-state index contributed by atoms with van der Waals surface area (Å²) in [5.74, 6) is -0.248. The molecule has 1 rings (SSSR count). The van der Waals surface area contributed by atoms with E-state index in [1.807, 2.05) is 13.8 Å².